The van der Waals surface area contributed by atoms with Gasteiger partial charge in [-0.2, -0.15) is 5.26 Å². The first kappa shape index (κ1) is 18.7. The highest BCUT2D eigenvalue weighted by Gasteiger charge is 2.17. The van der Waals surface area contributed by atoms with Crippen molar-refractivity contribution in [1.29, 1.82) is 5.26 Å². The van der Waals surface area contributed by atoms with E-state index in [-0.39, 0.29) is 18.5 Å². The minimum atomic E-state index is -0.154. The summed E-state index contributed by atoms with van der Waals surface area (Å²) in [6, 6.07) is 17.7. The molecule has 0 bridgehead atoms. The Balaban J connectivity index is 2.00. The molecule has 0 radical (unpaired) electrons. The van der Waals surface area contributed by atoms with Crippen molar-refractivity contribution >= 4 is 11.6 Å². The van der Waals surface area contributed by atoms with E-state index in [1.807, 2.05) is 0 Å². The van der Waals surface area contributed by atoms with Crippen LogP contribution in [0.4, 0.5) is 5.69 Å². The fraction of sp³-hybridized carbons (Fsp3) is 0.333. The van der Waals surface area contributed by atoms with Crippen LogP contribution in [0.3, 0.4) is 0 Å². The first-order valence-electron chi connectivity index (χ1n) is 8.66. The third kappa shape index (κ3) is 5.17. The van der Waals surface area contributed by atoms with E-state index in [2.05, 4.69) is 61.7 Å². The van der Waals surface area contributed by atoms with Gasteiger partial charge in [0.25, 0.3) is 0 Å². The van der Waals surface area contributed by atoms with E-state index < -0.39 is 0 Å². The predicted molar refractivity (Wildman–Crippen MR) is 101 cm³/mol. The van der Waals surface area contributed by atoms with Crippen molar-refractivity contribution in [3.63, 3.8) is 0 Å². The number of hydrogen-bond acceptors (Lipinski definition) is 3. The van der Waals surface area contributed by atoms with Crippen molar-refractivity contribution in [2.45, 2.75) is 33.2 Å². The van der Waals surface area contributed by atoms with Crippen LogP contribution in [-0.4, -0.2) is 12.5 Å². The highest BCUT2D eigenvalue weighted by molar-refractivity contribution is 5.93. The molecular formula is C21H25N3O. The molecule has 0 aliphatic carbocycles. The summed E-state index contributed by atoms with van der Waals surface area (Å²) < 4.78 is 0. The number of carbonyl (C=O) groups is 1. The number of nitrogens with zero attached hydrogens (tertiary/aromatic N) is 1. The molecule has 1 amide bonds. The second-order valence-electron chi connectivity index (χ2n) is 6.40. The van der Waals surface area contributed by atoms with Crippen molar-refractivity contribution in [3.05, 3.63) is 65.2 Å². The molecule has 2 aromatic carbocycles. The monoisotopic (exact) mass is 335 g/mol. The number of anilines is 1. The van der Waals surface area contributed by atoms with Crippen LogP contribution in [0.5, 0.6) is 0 Å². The van der Waals surface area contributed by atoms with Gasteiger partial charge < -0.3 is 10.6 Å². The van der Waals surface area contributed by atoms with E-state index in [9.17, 15) is 4.79 Å². The van der Waals surface area contributed by atoms with Crippen LogP contribution in [0.2, 0.25) is 0 Å². The minimum Gasteiger partial charge on any atom is -0.324 e. The summed E-state index contributed by atoms with van der Waals surface area (Å²) in [5.74, 6) is 0.199. The van der Waals surface area contributed by atoms with Crippen LogP contribution < -0.4 is 10.6 Å². The van der Waals surface area contributed by atoms with Crippen LogP contribution >= 0.6 is 0 Å². The standard InChI is InChI=1S/C21H25N3O/c1-4-16-9-11-17(12-10-16)21(15(2)3)23-14-20(25)24-19-8-6-5-7-18(19)13-22/h5-12,15,21,23H,4,14H2,1-3H3,(H,24,25)/t21-/m1/s1. The van der Waals surface area contributed by atoms with Crippen LogP contribution in [0, 0.1) is 17.2 Å². The lowest BCUT2D eigenvalue weighted by Gasteiger charge is -2.23. The molecule has 4 nitrogen and oxygen atoms in total. The van der Waals surface area contributed by atoms with Crippen LogP contribution in [0.25, 0.3) is 0 Å². The second kappa shape index (κ2) is 9.00. The molecule has 4 heteroatoms. The average molecular weight is 335 g/mol. The van der Waals surface area contributed by atoms with E-state index in [1.165, 1.54) is 11.1 Å². The molecule has 130 valence electrons. The normalized spacial score (nSPS) is 11.8. The highest BCUT2D eigenvalue weighted by Crippen LogP contribution is 2.22. The number of rotatable bonds is 7. The fourth-order valence-corrected chi connectivity index (χ4v) is 2.79. The Kier molecular flexibility index (Phi) is 6.73. The topological polar surface area (TPSA) is 64.9 Å². The molecule has 0 aromatic heterocycles. The zero-order valence-corrected chi connectivity index (χ0v) is 15.0. The first-order chi connectivity index (χ1) is 12.0. The largest absolute Gasteiger partial charge is 0.324 e. The molecule has 0 aliphatic heterocycles. The van der Waals surface area contributed by atoms with Gasteiger partial charge >= 0.3 is 0 Å². The van der Waals surface area contributed by atoms with Crippen molar-refractivity contribution < 1.29 is 4.79 Å². The van der Waals surface area contributed by atoms with Crippen molar-refractivity contribution in [2.24, 2.45) is 5.92 Å². The van der Waals surface area contributed by atoms with E-state index in [0.29, 0.717) is 17.2 Å². The molecule has 0 fully saturated rings. The number of carbonyl (C=O) groups excluding carboxylic acids is 1. The maximum absolute atomic E-state index is 12.3. The molecule has 0 spiro atoms. The summed E-state index contributed by atoms with van der Waals surface area (Å²) in [5.41, 5.74) is 3.49. The number of hydrogen-bond donors (Lipinski definition) is 2. The summed E-state index contributed by atoms with van der Waals surface area (Å²) in [7, 11) is 0. The molecule has 25 heavy (non-hydrogen) atoms. The fourth-order valence-electron chi connectivity index (χ4n) is 2.79. The van der Waals surface area contributed by atoms with Crippen LogP contribution in [0.15, 0.2) is 48.5 Å². The Labute approximate surface area is 149 Å². The zero-order valence-electron chi connectivity index (χ0n) is 15.0. The quantitative estimate of drug-likeness (QED) is 0.802. The Morgan fingerprint density at radius 1 is 1.12 bits per heavy atom. The molecule has 0 heterocycles. The SMILES string of the molecule is CCc1ccc([C@H](NCC(=O)Nc2ccccc2C#N)C(C)C)cc1. The third-order valence-electron chi connectivity index (χ3n) is 4.22. The van der Waals surface area contributed by atoms with Crippen LogP contribution in [0.1, 0.15) is 43.5 Å². The smallest absolute Gasteiger partial charge is 0.238 e. The Hall–Kier alpha value is -2.64. The van der Waals surface area contributed by atoms with Gasteiger partial charge in [0.15, 0.2) is 0 Å². The van der Waals surface area contributed by atoms with Gasteiger partial charge in [0.05, 0.1) is 17.8 Å². The van der Waals surface area contributed by atoms with Gasteiger partial charge in [0.2, 0.25) is 5.91 Å². The van der Waals surface area contributed by atoms with Crippen molar-refractivity contribution in [1.82, 2.24) is 5.32 Å². The van der Waals surface area contributed by atoms with Gasteiger partial charge in [-0.1, -0.05) is 57.2 Å². The maximum Gasteiger partial charge on any atom is 0.238 e. The average Bonchev–Trinajstić information content (AvgIpc) is 2.62. The van der Waals surface area contributed by atoms with Gasteiger partial charge in [0.1, 0.15) is 6.07 Å². The molecule has 0 saturated heterocycles. The minimum absolute atomic E-state index is 0.0999. The molecule has 0 saturated carbocycles. The van der Waals surface area contributed by atoms with E-state index in [0.717, 1.165) is 6.42 Å². The lowest BCUT2D eigenvalue weighted by atomic mass is 9.95. The van der Waals surface area contributed by atoms with Gasteiger partial charge in [-0.05, 0) is 35.6 Å². The van der Waals surface area contributed by atoms with E-state index in [4.69, 9.17) is 5.26 Å². The summed E-state index contributed by atoms with van der Waals surface area (Å²) >= 11 is 0. The number of aryl methyl sites for hydroxylation is 1. The number of para-hydroxylation sites is 1. The predicted octanol–water partition coefficient (Wildman–Crippen LogP) is 4.05. The number of nitriles is 1. The van der Waals surface area contributed by atoms with Gasteiger partial charge in [-0.15, -0.1) is 0 Å². The molecule has 0 aliphatic rings. The summed E-state index contributed by atoms with van der Waals surface area (Å²) in [4.78, 5) is 12.3. The number of amides is 1. The molecule has 0 unspecified atom stereocenters. The number of benzene rings is 2. The van der Waals surface area contributed by atoms with Crippen molar-refractivity contribution in [2.75, 3.05) is 11.9 Å². The lowest BCUT2D eigenvalue weighted by Crippen LogP contribution is -2.33. The number of nitrogens with one attached hydrogen (secondary N) is 2. The lowest BCUT2D eigenvalue weighted by molar-refractivity contribution is -0.115. The van der Waals surface area contributed by atoms with Gasteiger partial charge in [-0.3, -0.25) is 4.79 Å². The van der Waals surface area contributed by atoms with Gasteiger partial charge in [-0.25, -0.2) is 0 Å². The summed E-state index contributed by atoms with van der Waals surface area (Å²) in [6.07, 6.45) is 1.01. The maximum atomic E-state index is 12.3. The van der Waals surface area contributed by atoms with E-state index in [1.54, 1.807) is 24.3 Å². The zero-order chi connectivity index (χ0) is 18.2. The Bertz CT molecular complexity index is 744. The third-order valence-corrected chi connectivity index (χ3v) is 4.22. The second-order valence-corrected chi connectivity index (χ2v) is 6.40. The Morgan fingerprint density at radius 3 is 2.40 bits per heavy atom. The summed E-state index contributed by atoms with van der Waals surface area (Å²) in [5, 5.41) is 15.2. The first-order valence-corrected chi connectivity index (χ1v) is 8.66. The molecule has 1 atom stereocenters. The Morgan fingerprint density at radius 2 is 1.80 bits per heavy atom. The molecular weight excluding hydrogens is 310 g/mol. The molecule has 2 N–H and O–H groups in total. The van der Waals surface area contributed by atoms with Crippen molar-refractivity contribution in [3.8, 4) is 6.07 Å². The van der Waals surface area contributed by atoms with Crippen LogP contribution in [-0.2, 0) is 11.2 Å². The van der Waals surface area contributed by atoms with E-state index >= 15 is 0 Å². The molecule has 2 rings (SSSR count). The molecule has 2 aromatic rings. The van der Waals surface area contributed by atoms with Gasteiger partial charge in [0, 0.05) is 6.04 Å². The summed E-state index contributed by atoms with van der Waals surface area (Å²) in [6.45, 7) is 6.59. The highest BCUT2D eigenvalue weighted by atomic mass is 16.1.